The number of halogens is 1. The second-order valence-electron chi connectivity index (χ2n) is 7.33. The number of nitrogens with one attached hydrogen (secondary N) is 1. The van der Waals surface area contributed by atoms with Gasteiger partial charge in [0.05, 0.1) is 18.5 Å². The van der Waals surface area contributed by atoms with Crippen LogP contribution in [0, 0.1) is 12.7 Å². The van der Waals surface area contributed by atoms with Crippen LogP contribution < -0.4 is 15.0 Å². The second kappa shape index (κ2) is 8.49. The highest BCUT2D eigenvalue weighted by Crippen LogP contribution is 2.29. The van der Waals surface area contributed by atoms with E-state index in [2.05, 4.69) is 15.5 Å². The largest absolute Gasteiger partial charge is 0.495 e. The van der Waals surface area contributed by atoms with Gasteiger partial charge >= 0.3 is 0 Å². The minimum Gasteiger partial charge on any atom is -0.495 e. The molecule has 0 spiro atoms. The molecule has 3 aromatic rings. The number of hydrogen-bond donors (Lipinski definition) is 1. The zero-order chi connectivity index (χ0) is 21.1. The van der Waals surface area contributed by atoms with Crippen molar-refractivity contribution in [2.45, 2.75) is 25.8 Å². The number of nitrogens with zero attached hydrogens (tertiary/aromatic N) is 3. The molecular formula is C23H23FN4O2. The molecule has 30 heavy (non-hydrogen) atoms. The Morgan fingerprint density at radius 1 is 1.13 bits per heavy atom. The summed E-state index contributed by atoms with van der Waals surface area (Å²) < 4.78 is 18.5. The minimum absolute atomic E-state index is 0.0965. The number of carbonyl (C=O) groups is 1. The highest BCUT2D eigenvalue weighted by molar-refractivity contribution is 5.98. The van der Waals surface area contributed by atoms with Gasteiger partial charge in [-0.25, -0.2) is 4.39 Å². The van der Waals surface area contributed by atoms with E-state index in [4.69, 9.17) is 4.74 Å². The van der Waals surface area contributed by atoms with Gasteiger partial charge in [-0.2, -0.15) is 0 Å². The molecule has 1 saturated heterocycles. The van der Waals surface area contributed by atoms with Gasteiger partial charge in [-0.05, 0) is 73.9 Å². The van der Waals surface area contributed by atoms with E-state index in [9.17, 15) is 9.18 Å². The predicted octanol–water partition coefficient (Wildman–Crippen LogP) is 4.21. The Hall–Kier alpha value is -3.48. The van der Waals surface area contributed by atoms with Crippen LogP contribution >= 0.6 is 0 Å². The van der Waals surface area contributed by atoms with Crippen LogP contribution in [0.3, 0.4) is 0 Å². The Kier molecular flexibility index (Phi) is 5.61. The first-order valence-corrected chi connectivity index (χ1v) is 9.87. The predicted molar refractivity (Wildman–Crippen MR) is 114 cm³/mol. The van der Waals surface area contributed by atoms with Gasteiger partial charge in [-0.1, -0.05) is 6.07 Å². The summed E-state index contributed by atoms with van der Waals surface area (Å²) in [4.78, 5) is 15.0. The number of aromatic nitrogens is 2. The third-order valence-corrected chi connectivity index (χ3v) is 5.25. The third-order valence-electron chi connectivity index (χ3n) is 5.25. The SMILES string of the molecule is COc1ccc(C)cc1NC(=O)C1CCCN1c1ccc(-c2ccc(F)cc2)nn1. The maximum Gasteiger partial charge on any atom is 0.247 e. The molecule has 0 radical (unpaired) electrons. The Balaban J connectivity index is 1.51. The van der Waals surface area contributed by atoms with Crippen molar-refractivity contribution in [2.24, 2.45) is 0 Å². The van der Waals surface area contributed by atoms with Crippen LogP contribution in [-0.4, -0.2) is 35.8 Å². The van der Waals surface area contributed by atoms with Crippen molar-refractivity contribution < 1.29 is 13.9 Å². The number of methoxy groups -OCH3 is 1. The quantitative estimate of drug-likeness (QED) is 0.688. The molecule has 0 bridgehead atoms. The molecule has 1 N–H and O–H groups in total. The summed E-state index contributed by atoms with van der Waals surface area (Å²) in [6, 6.07) is 15.2. The van der Waals surface area contributed by atoms with E-state index in [0.29, 0.717) is 22.9 Å². The third kappa shape index (κ3) is 4.10. The molecule has 154 valence electrons. The zero-order valence-electron chi connectivity index (χ0n) is 16.9. The molecule has 1 amide bonds. The number of aryl methyl sites for hydroxylation is 1. The highest BCUT2D eigenvalue weighted by Gasteiger charge is 2.32. The average molecular weight is 406 g/mol. The minimum atomic E-state index is -0.332. The summed E-state index contributed by atoms with van der Waals surface area (Å²) in [5.41, 5.74) is 3.14. The lowest BCUT2D eigenvalue weighted by molar-refractivity contribution is -0.117. The van der Waals surface area contributed by atoms with E-state index in [1.54, 1.807) is 19.2 Å². The van der Waals surface area contributed by atoms with E-state index in [-0.39, 0.29) is 17.8 Å². The molecule has 1 aliphatic rings. The fourth-order valence-corrected chi connectivity index (χ4v) is 3.70. The van der Waals surface area contributed by atoms with Crippen molar-refractivity contribution in [1.82, 2.24) is 10.2 Å². The number of benzene rings is 2. The first-order chi connectivity index (χ1) is 14.5. The number of ether oxygens (including phenoxy) is 1. The summed E-state index contributed by atoms with van der Waals surface area (Å²) in [5.74, 6) is 0.886. The summed E-state index contributed by atoms with van der Waals surface area (Å²) >= 11 is 0. The molecule has 1 aromatic heterocycles. The Morgan fingerprint density at radius 2 is 1.93 bits per heavy atom. The first kappa shape index (κ1) is 19.8. The molecular weight excluding hydrogens is 383 g/mol. The first-order valence-electron chi connectivity index (χ1n) is 9.87. The van der Waals surface area contributed by atoms with Crippen LogP contribution in [0.15, 0.2) is 54.6 Å². The summed E-state index contributed by atoms with van der Waals surface area (Å²) in [5, 5.41) is 11.6. The van der Waals surface area contributed by atoms with Gasteiger partial charge in [0.2, 0.25) is 5.91 Å². The lowest BCUT2D eigenvalue weighted by atomic mass is 10.1. The van der Waals surface area contributed by atoms with Crippen LogP contribution in [0.1, 0.15) is 18.4 Å². The Bertz CT molecular complexity index is 1040. The van der Waals surface area contributed by atoms with Gasteiger partial charge < -0.3 is 15.0 Å². The van der Waals surface area contributed by atoms with E-state index in [1.165, 1.54) is 12.1 Å². The van der Waals surface area contributed by atoms with Crippen LogP contribution in [0.2, 0.25) is 0 Å². The molecule has 1 unspecified atom stereocenters. The molecule has 1 aliphatic heterocycles. The molecule has 2 heterocycles. The van der Waals surface area contributed by atoms with Crippen molar-refractivity contribution in [1.29, 1.82) is 0 Å². The van der Waals surface area contributed by atoms with E-state index < -0.39 is 0 Å². The number of rotatable bonds is 5. The van der Waals surface area contributed by atoms with E-state index in [1.807, 2.05) is 42.2 Å². The van der Waals surface area contributed by atoms with Crippen LogP contribution in [-0.2, 0) is 4.79 Å². The van der Waals surface area contributed by atoms with Crippen LogP contribution in [0.5, 0.6) is 5.75 Å². The summed E-state index contributed by atoms with van der Waals surface area (Å²) in [6.07, 6.45) is 1.63. The normalized spacial score (nSPS) is 15.8. The second-order valence-corrected chi connectivity index (χ2v) is 7.33. The Morgan fingerprint density at radius 3 is 2.63 bits per heavy atom. The Labute approximate surface area is 174 Å². The lowest BCUT2D eigenvalue weighted by Crippen LogP contribution is -2.40. The number of amides is 1. The van der Waals surface area contributed by atoms with Gasteiger partial charge in [0, 0.05) is 12.1 Å². The van der Waals surface area contributed by atoms with Crippen molar-refractivity contribution in [3.05, 3.63) is 66.0 Å². The molecule has 0 saturated carbocycles. The van der Waals surface area contributed by atoms with E-state index in [0.717, 1.165) is 30.5 Å². The van der Waals surface area contributed by atoms with Crippen LogP contribution in [0.4, 0.5) is 15.9 Å². The van der Waals surface area contributed by atoms with Gasteiger partial charge in [0.15, 0.2) is 5.82 Å². The number of anilines is 2. The van der Waals surface area contributed by atoms with Gasteiger partial charge in [0.25, 0.3) is 0 Å². The fourth-order valence-electron chi connectivity index (χ4n) is 3.70. The molecule has 7 heteroatoms. The molecule has 1 fully saturated rings. The number of hydrogen-bond acceptors (Lipinski definition) is 5. The standard InChI is InChI=1S/C23H23FN4O2/c1-15-5-11-21(30-2)19(14-15)25-23(29)20-4-3-13-28(20)22-12-10-18(26-27-22)16-6-8-17(24)9-7-16/h5-12,14,20H,3-4,13H2,1-2H3,(H,25,29). The monoisotopic (exact) mass is 406 g/mol. The van der Waals surface area contributed by atoms with Crippen molar-refractivity contribution in [3.63, 3.8) is 0 Å². The molecule has 0 aliphatic carbocycles. The zero-order valence-corrected chi connectivity index (χ0v) is 16.9. The number of carbonyl (C=O) groups excluding carboxylic acids is 1. The van der Waals surface area contributed by atoms with E-state index >= 15 is 0 Å². The van der Waals surface area contributed by atoms with Crippen molar-refractivity contribution >= 4 is 17.4 Å². The lowest BCUT2D eigenvalue weighted by Gasteiger charge is -2.25. The average Bonchev–Trinajstić information content (AvgIpc) is 3.25. The highest BCUT2D eigenvalue weighted by atomic mass is 19.1. The molecule has 6 nitrogen and oxygen atoms in total. The van der Waals surface area contributed by atoms with Gasteiger partial charge in [-0.15, -0.1) is 10.2 Å². The van der Waals surface area contributed by atoms with Crippen molar-refractivity contribution in [2.75, 3.05) is 23.9 Å². The molecule has 2 aromatic carbocycles. The smallest absolute Gasteiger partial charge is 0.247 e. The molecule has 1 atom stereocenters. The summed E-state index contributed by atoms with van der Waals surface area (Å²) in [7, 11) is 1.58. The van der Waals surface area contributed by atoms with Gasteiger partial charge in [0.1, 0.15) is 17.6 Å². The maximum absolute atomic E-state index is 13.1. The topological polar surface area (TPSA) is 67.3 Å². The van der Waals surface area contributed by atoms with Crippen molar-refractivity contribution in [3.8, 4) is 17.0 Å². The van der Waals surface area contributed by atoms with Gasteiger partial charge in [-0.3, -0.25) is 4.79 Å². The summed E-state index contributed by atoms with van der Waals surface area (Å²) in [6.45, 7) is 2.70. The molecule has 4 rings (SSSR count). The fraction of sp³-hybridized carbons (Fsp3) is 0.261. The maximum atomic E-state index is 13.1. The van der Waals surface area contributed by atoms with Crippen LogP contribution in [0.25, 0.3) is 11.3 Å².